The summed E-state index contributed by atoms with van der Waals surface area (Å²) >= 11 is 0. The number of H-pyrrole nitrogens is 1. The molecule has 0 radical (unpaired) electrons. The highest BCUT2D eigenvalue weighted by Gasteiger charge is 2.20. The van der Waals surface area contributed by atoms with Crippen molar-refractivity contribution in [1.29, 1.82) is 5.26 Å². The molecule has 0 saturated heterocycles. The third-order valence-corrected chi connectivity index (χ3v) is 4.46. The molecular weight excluding hydrogens is 326 g/mol. The van der Waals surface area contributed by atoms with Crippen LogP contribution in [0.15, 0.2) is 42.5 Å². The third-order valence-electron chi connectivity index (χ3n) is 4.46. The summed E-state index contributed by atoms with van der Waals surface area (Å²) in [5.41, 5.74) is 6.42. The zero-order chi connectivity index (χ0) is 18.3. The number of nitrogens with zero attached hydrogens (tertiary/aromatic N) is 4. The molecule has 0 unspecified atom stereocenters. The maximum Gasteiger partial charge on any atom is 0.157 e. The fourth-order valence-corrected chi connectivity index (χ4v) is 3.15. The highest BCUT2D eigenvalue weighted by atomic mass is 16.3. The van der Waals surface area contributed by atoms with Gasteiger partial charge in [-0.2, -0.15) is 10.4 Å². The Kier molecular flexibility index (Phi) is 3.79. The molecule has 0 saturated carbocycles. The quantitative estimate of drug-likeness (QED) is 0.597. The second-order valence-corrected chi connectivity index (χ2v) is 6.25. The number of aryl methyl sites for hydroxylation is 2. The van der Waals surface area contributed by atoms with E-state index < -0.39 is 0 Å². The van der Waals surface area contributed by atoms with E-state index in [9.17, 15) is 5.11 Å². The number of aromatic nitrogens is 4. The van der Waals surface area contributed by atoms with Crippen LogP contribution in [0.3, 0.4) is 0 Å². The van der Waals surface area contributed by atoms with Gasteiger partial charge in [0.2, 0.25) is 0 Å². The van der Waals surface area contributed by atoms with E-state index in [-0.39, 0.29) is 6.61 Å². The molecule has 6 nitrogen and oxygen atoms in total. The number of hydrogen-bond donors (Lipinski definition) is 2. The second kappa shape index (κ2) is 6.14. The van der Waals surface area contributed by atoms with Crippen molar-refractivity contribution in [2.24, 2.45) is 7.05 Å². The minimum atomic E-state index is -0.146. The Morgan fingerprint density at radius 2 is 1.96 bits per heavy atom. The van der Waals surface area contributed by atoms with Crippen LogP contribution in [0.2, 0.25) is 0 Å². The van der Waals surface area contributed by atoms with E-state index in [2.05, 4.69) is 21.1 Å². The number of benzene rings is 2. The lowest BCUT2D eigenvalue weighted by Crippen LogP contribution is -1.97. The third kappa shape index (κ3) is 2.55. The summed E-state index contributed by atoms with van der Waals surface area (Å²) in [6.45, 7) is 1.89. The molecule has 2 aromatic carbocycles. The van der Waals surface area contributed by atoms with Crippen LogP contribution in [0, 0.1) is 18.3 Å². The molecule has 0 fully saturated rings. The van der Waals surface area contributed by atoms with Gasteiger partial charge in [0.1, 0.15) is 5.69 Å². The van der Waals surface area contributed by atoms with Crippen molar-refractivity contribution >= 4 is 11.0 Å². The van der Waals surface area contributed by atoms with E-state index in [1.54, 1.807) is 16.8 Å². The van der Waals surface area contributed by atoms with Gasteiger partial charge in [-0.3, -0.25) is 4.68 Å². The molecule has 0 spiro atoms. The zero-order valence-corrected chi connectivity index (χ0v) is 14.5. The summed E-state index contributed by atoms with van der Waals surface area (Å²) in [6.07, 6.45) is 0. The zero-order valence-electron chi connectivity index (χ0n) is 14.5. The van der Waals surface area contributed by atoms with Crippen molar-refractivity contribution in [2.45, 2.75) is 13.5 Å². The summed E-state index contributed by atoms with van der Waals surface area (Å²) < 4.78 is 1.73. The number of aromatic amines is 1. The average molecular weight is 343 g/mol. The molecule has 0 aliphatic heterocycles. The molecular formula is C20H17N5O. The minimum Gasteiger partial charge on any atom is -0.392 e. The molecule has 4 rings (SSSR count). The second-order valence-electron chi connectivity index (χ2n) is 6.25. The van der Waals surface area contributed by atoms with E-state index >= 15 is 0 Å². The summed E-state index contributed by atoms with van der Waals surface area (Å²) in [6, 6.07) is 15.5. The molecule has 0 bridgehead atoms. The van der Waals surface area contributed by atoms with Crippen molar-refractivity contribution in [3.8, 4) is 28.8 Å². The van der Waals surface area contributed by atoms with Crippen LogP contribution < -0.4 is 0 Å². The van der Waals surface area contributed by atoms with Crippen molar-refractivity contribution in [2.75, 3.05) is 0 Å². The first-order chi connectivity index (χ1) is 12.6. The lowest BCUT2D eigenvalue weighted by atomic mass is 10.0. The smallest absolute Gasteiger partial charge is 0.157 e. The Balaban J connectivity index is 1.89. The van der Waals surface area contributed by atoms with Crippen LogP contribution in [-0.4, -0.2) is 24.9 Å². The van der Waals surface area contributed by atoms with Crippen molar-refractivity contribution in [3.05, 3.63) is 59.2 Å². The van der Waals surface area contributed by atoms with Crippen LogP contribution >= 0.6 is 0 Å². The van der Waals surface area contributed by atoms with E-state index in [0.717, 1.165) is 33.5 Å². The molecule has 6 heteroatoms. The first-order valence-corrected chi connectivity index (χ1v) is 8.24. The number of fused-ring (bicyclic) bond motifs is 1. The van der Waals surface area contributed by atoms with E-state index in [1.165, 1.54) is 5.56 Å². The Bertz CT molecular complexity index is 1150. The normalized spacial score (nSPS) is 11.0. The molecule has 4 aromatic rings. The maximum atomic E-state index is 10.0. The number of imidazole rings is 1. The minimum absolute atomic E-state index is 0.146. The van der Waals surface area contributed by atoms with Crippen molar-refractivity contribution in [1.82, 2.24) is 19.7 Å². The first kappa shape index (κ1) is 16.1. The van der Waals surface area contributed by atoms with Crippen LogP contribution in [0.5, 0.6) is 0 Å². The predicted molar refractivity (Wildman–Crippen MR) is 99.1 cm³/mol. The largest absolute Gasteiger partial charge is 0.392 e. The Morgan fingerprint density at radius 3 is 2.65 bits per heavy atom. The molecule has 128 valence electrons. The highest BCUT2D eigenvalue weighted by molar-refractivity contribution is 5.82. The Labute approximate surface area is 150 Å². The number of rotatable bonds is 3. The van der Waals surface area contributed by atoms with Gasteiger partial charge in [-0.1, -0.05) is 29.8 Å². The molecule has 0 aliphatic rings. The van der Waals surface area contributed by atoms with Gasteiger partial charge >= 0.3 is 0 Å². The Morgan fingerprint density at radius 1 is 1.19 bits per heavy atom. The van der Waals surface area contributed by atoms with E-state index in [0.29, 0.717) is 11.4 Å². The molecule has 0 atom stereocenters. The molecule has 0 aliphatic carbocycles. The average Bonchev–Trinajstić information content (AvgIpc) is 3.21. The van der Waals surface area contributed by atoms with Gasteiger partial charge in [0.25, 0.3) is 0 Å². The summed E-state index contributed by atoms with van der Waals surface area (Å²) in [5, 5.41) is 23.7. The molecule has 2 N–H and O–H groups in total. The van der Waals surface area contributed by atoms with Crippen LogP contribution in [0.25, 0.3) is 33.8 Å². The monoisotopic (exact) mass is 343 g/mol. The fraction of sp³-hybridized carbons (Fsp3) is 0.150. The van der Waals surface area contributed by atoms with Gasteiger partial charge in [-0.15, -0.1) is 0 Å². The van der Waals surface area contributed by atoms with Crippen molar-refractivity contribution < 1.29 is 5.11 Å². The molecule has 26 heavy (non-hydrogen) atoms. The van der Waals surface area contributed by atoms with Gasteiger partial charge in [-0.05, 0) is 25.1 Å². The van der Waals surface area contributed by atoms with Gasteiger partial charge in [-0.25, -0.2) is 4.98 Å². The van der Waals surface area contributed by atoms with Crippen LogP contribution in [0.4, 0.5) is 0 Å². The number of aliphatic hydroxyl groups is 1. The molecule has 0 amide bonds. The number of aliphatic hydroxyl groups excluding tert-OH is 1. The summed E-state index contributed by atoms with van der Waals surface area (Å²) in [7, 11) is 1.83. The predicted octanol–water partition coefficient (Wildman–Crippen LogP) is 3.30. The number of hydrogen-bond acceptors (Lipinski definition) is 4. The lowest BCUT2D eigenvalue weighted by molar-refractivity contribution is 0.283. The fourth-order valence-electron chi connectivity index (χ4n) is 3.15. The van der Waals surface area contributed by atoms with Gasteiger partial charge < -0.3 is 10.1 Å². The molecule has 2 heterocycles. The SMILES string of the molecule is Cc1ccc(-c2nn(C)c(-c3nc4ccc(C#N)cc4[nH]3)c2CO)cc1. The molecule has 2 aromatic heterocycles. The highest BCUT2D eigenvalue weighted by Crippen LogP contribution is 2.31. The maximum absolute atomic E-state index is 10.0. The summed E-state index contributed by atoms with van der Waals surface area (Å²) in [4.78, 5) is 7.85. The topological polar surface area (TPSA) is 90.5 Å². The lowest BCUT2D eigenvalue weighted by Gasteiger charge is -2.02. The number of nitriles is 1. The standard InChI is InChI=1S/C20H17N5O/c1-12-3-6-14(7-4-12)18-15(11-26)19(25(2)24-18)20-22-16-8-5-13(10-21)9-17(16)23-20/h3-9,26H,11H2,1-2H3,(H,22,23). The van der Waals surface area contributed by atoms with Gasteiger partial charge in [0.05, 0.1) is 35.0 Å². The van der Waals surface area contributed by atoms with Crippen LogP contribution in [-0.2, 0) is 13.7 Å². The van der Waals surface area contributed by atoms with Crippen LogP contribution in [0.1, 0.15) is 16.7 Å². The van der Waals surface area contributed by atoms with Crippen molar-refractivity contribution in [3.63, 3.8) is 0 Å². The first-order valence-electron chi connectivity index (χ1n) is 8.24. The number of nitrogens with one attached hydrogen (secondary N) is 1. The van der Waals surface area contributed by atoms with E-state index in [1.807, 2.05) is 44.3 Å². The Hall–Kier alpha value is -3.43. The van der Waals surface area contributed by atoms with Gasteiger partial charge in [0, 0.05) is 18.2 Å². The summed E-state index contributed by atoms with van der Waals surface area (Å²) in [5.74, 6) is 0.618. The van der Waals surface area contributed by atoms with Gasteiger partial charge in [0.15, 0.2) is 5.82 Å². The van der Waals surface area contributed by atoms with E-state index in [4.69, 9.17) is 5.26 Å².